The van der Waals surface area contributed by atoms with Crippen molar-refractivity contribution in [3.8, 4) is 0 Å². The third-order valence-electron chi connectivity index (χ3n) is 0.970. The van der Waals surface area contributed by atoms with Crippen LogP contribution in [0.2, 0.25) is 0 Å². The number of guanidine groups is 1. The topological polar surface area (TPSA) is 90.7 Å². The summed E-state index contributed by atoms with van der Waals surface area (Å²) in [5.74, 6) is -0.522. The van der Waals surface area contributed by atoms with E-state index >= 15 is 0 Å². The molecule has 64 valence electrons. The van der Waals surface area contributed by atoms with E-state index in [1.165, 1.54) is 0 Å². The van der Waals surface area contributed by atoms with Crippen molar-refractivity contribution in [1.29, 1.82) is 0 Å². The minimum atomic E-state index is -0.611. The van der Waals surface area contributed by atoms with Gasteiger partial charge in [-0.05, 0) is 13.8 Å². The van der Waals surface area contributed by atoms with Gasteiger partial charge in [-0.3, -0.25) is 0 Å². The Labute approximate surface area is 65.4 Å². The van der Waals surface area contributed by atoms with Crippen LogP contribution in [0.15, 0.2) is 4.99 Å². The predicted molar refractivity (Wildman–Crippen MR) is 41.9 cm³/mol. The van der Waals surface area contributed by atoms with Gasteiger partial charge in [0.25, 0.3) is 0 Å². The monoisotopic (exact) mass is 159 g/mol. The summed E-state index contributed by atoms with van der Waals surface area (Å²) < 4.78 is 4.65. The smallest absolute Gasteiger partial charge is 0.330 e. The van der Waals surface area contributed by atoms with Crippen molar-refractivity contribution in [2.45, 2.75) is 19.9 Å². The van der Waals surface area contributed by atoms with Gasteiger partial charge in [-0.2, -0.15) is 0 Å². The van der Waals surface area contributed by atoms with Crippen LogP contribution in [0.3, 0.4) is 0 Å². The molecule has 0 aromatic heterocycles. The van der Waals surface area contributed by atoms with E-state index in [9.17, 15) is 4.79 Å². The lowest BCUT2D eigenvalue weighted by Gasteiger charge is -2.04. The number of hydrogen-bond donors (Lipinski definition) is 2. The summed E-state index contributed by atoms with van der Waals surface area (Å²) in [5.41, 5.74) is 10.1. The van der Waals surface area contributed by atoms with Crippen molar-refractivity contribution in [3.63, 3.8) is 0 Å². The minimum Gasteiger partial charge on any atom is -0.464 e. The summed E-state index contributed by atoms with van der Waals surface area (Å²) in [5, 5.41) is 0. The highest BCUT2D eigenvalue weighted by atomic mass is 16.5. The Hall–Kier alpha value is -1.26. The van der Waals surface area contributed by atoms with Crippen LogP contribution >= 0.6 is 0 Å². The number of aliphatic imine (C=N–C) groups is 1. The molecule has 0 aliphatic heterocycles. The second-order valence-electron chi connectivity index (χ2n) is 1.98. The number of nitrogens with zero attached hydrogens (tertiary/aromatic N) is 1. The lowest BCUT2D eigenvalue weighted by atomic mass is 10.4. The predicted octanol–water partition coefficient (Wildman–Crippen LogP) is -0.789. The van der Waals surface area contributed by atoms with Gasteiger partial charge in [-0.1, -0.05) is 0 Å². The SMILES string of the molecule is CCOC(=O)C(C)N=C(N)N. The Morgan fingerprint density at radius 3 is 2.55 bits per heavy atom. The van der Waals surface area contributed by atoms with Crippen LogP contribution in [-0.4, -0.2) is 24.6 Å². The van der Waals surface area contributed by atoms with Gasteiger partial charge in [0.2, 0.25) is 0 Å². The van der Waals surface area contributed by atoms with E-state index in [1.807, 2.05) is 0 Å². The maximum absolute atomic E-state index is 10.8. The largest absolute Gasteiger partial charge is 0.464 e. The second-order valence-corrected chi connectivity index (χ2v) is 1.98. The molecule has 5 nitrogen and oxygen atoms in total. The quantitative estimate of drug-likeness (QED) is 0.321. The number of nitrogens with two attached hydrogens (primary N) is 2. The molecular formula is C6H13N3O2. The molecule has 1 unspecified atom stereocenters. The van der Waals surface area contributed by atoms with E-state index in [2.05, 4.69) is 9.73 Å². The number of carbonyl (C=O) groups is 1. The zero-order valence-corrected chi connectivity index (χ0v) is 6.70. The second kappa shape index (κ2) is 4.54. The highest BCUT2D eigenvalue weighted by Crippen LogP contribution is 1.92. The molecule has 0 spiro atoms. The summed E-state index contributed by atoms with van der Waals surface area (Å²) in [6.45, 7) is 3.63. The van der Waals surface area contributed by atoms with E-state index in [0.29, 0.717) is 6.61 Å². The van der Waals surface area contributed by atoms with Gasteiger partial charge in [0.15, 0.2) is 5.96 Å². The fourth-order valence-electron chi connectivity index (χ4n) is 0.539. The lowest BCUT2D eigenvalue weighted by Crippen LogP contribution is -2.28. The van der Waals surface area contributed by atoms with Crippen LogP contribution in [-0.2, 0) is 9.53 Å². The van der Waals surface area contributed by atoms with Gasteiger partial charge in [-0.25, -0.2) is 9.79 Å². The van der Waals surface area contributed by atoms with Crippen LogP contribution in [0.25, 0.3) is 0 Å². The van der Waals surface area contributed by atoms with E-state index in [0.717, 1.165) is 0 Å². The standard InChI is InChI=1S/C6H13N3O2/c1-3-11-5(10)4(2)9-6(7)8/h4H,3H2,1-2H3,(H4,7,8,9). The van der Waals surface area contributed by atoms with Gasteiger partial charge in [0, 0.05) is 0 Å². The first-order chi connectivity index (χ1) is 5.07. The molecule has 0 aliphatic rings. The van der Waals surface area contributed by atoms with E-state index < -0.39 is 12.0 Å². The van der Waals surface area contributed by atoms with Crippen LogP contribution in [0, 0.1) is 0 Å². The van der Waals surface area contributed by atoms with Gasteiger partial charge < -0.3 is 16.2 Å². The van der Waals surface area contributed by atoms with Crippen molar-refractivity contribution < 1.29 is 9.53 Å². The fraction of sp³-hybridized carbons (Fsp3) is 0.667. The molecule has 0 saturated carbocycles. The summed E-state index contributed by atoms with van der Waals surface area (Å²) in [7, 11) is 0. The molecule has 11 heavy (non-hydrogen) atoms. The molecule has 0 rings (SSSR count). The maximum atomic E-state index is 10.8. The molecule has 0 radical (unpaired) electrons. The van der Waals surface area contributed by atoms with Gasteiger partial charge in [-0.15, -0.1) is 0 Å². The molecule has 4 N–H and O–H groups in total. The van der Waals surface area contributed by atoms with Crippen LogP contribution in [0.1, 0.15) is 13.8 Å². The Balaban J connectivity index is 3.93. The molecule has 0 aromatic rings. The first kappa shape index (κ1) is 9.74. The number of carbonyl (C=O) groups excluding carboxylic acids is 1. The summed E-state index contributed by atoms with van der Waals surface area (Å²) in [6, 6.07) is -0.611. The molecule has 0 aliphatic carbocycles. The summed E-state index contributed by atoms with van der Waals surface area (Å²) in [4.78, 5) is 14.4. The highest BCUT2D eigenvalue weighted by Gasteiger charge is 2.11. The zero-order chi connectivity index (χ0) is 8.85. The van der Waals surface area contributed by atoms with Gasteiger partial charge in [0.05, 0.1) is 6.61 Å². The van der Waals surface area contributed by atoms with Crippen molar-refractivity contribution >= 4 is 11.9 Å². The summed E-state index contributed by atoms with van der Waals surface area (Å²) in [6.07, 6.45) is 0. The molecule has 5 heteroatoms. The molecule has 0 amide bonds. The van der Waals surface area contributed by atoms with Crippen LogP contribution < -0.4 is 11.5 Å². The third-order valence-corrected chi connectivity index (χ3v) is 0.970. The first-order valence-corrected chi connectivity index (χ1v) is 3.33. The van der Waals surface area contributed by atoms with Crippen molar-refractivity contribution in [2.24, 2.45) is 16.5 Å². The highest BCUT2D eigenvalue weighted by molar-refractivity contribution is 5.82. The molecular weight excluding hydrogens is 146 g/mol. The van der Waals surface area contributed by atoms with Crippen molar-refractivity contribution in [3.05, 3.63) is 0 Å². The van der Waals surface area contributed by atoms with E-state index in [1.54, 1.807) is 13.8 Å². The Kier molecular flexibility index (Phi) is 4.02. The minimum absolute atomic E-state index is 0.106. The average molecular weight is 159 g/mol. The van der Waals surface area contributed by atoms with Crippen molar-refractivity contribution in [2.75, 3.05) is 6.61 Å². The molecule has 0 heterocycles. The number of hydrogen-bond acceptors (Lipinski definition) is 3. The normalized spacial score (nSPS) is 11.8. The Bertz CT molecular complexity index is 163. The number of esters is 1. The zero-order valence-electron chi connectivity index (χ0n) is 6.70. The number of ether oxygens (including phenoxy) is 1. The molecule has 0 aromatic carbocycles. The van der Waals surface area contributed by atoms with Crippen molar-refractivity contribution in [1.82, 2.24) is 0 Å². The molecule has 0 saturated heterocycles. The molecule has 0 bridgehead atoms. The van der Waals surface area contributed by atoms with Gasteiger partial charge in [0.1, 0.15) is 6.04 Å². The third kappa shape index (κ3) is 4.19. The van der Waals surface area contributed by atoms with Crippen LogP contribution in [0.5, 0.6) is 0 Å². The van der Waals surface area contributed by atoms with E-state index in [4.69, 9.17) is 11.5 Å². The molecule has 0 fully saturated rings. The lowest BCUT2D eigenvalue weighted by molar-refractivity contribution is -0.144. The fourth-order valence-corrected chi connectivity index (χ4v) is 0.539. The Morgan fingerprint density at radius 2 is 2.18 bits per heavy atom. The van der Waals surface area contributed by atoms with Crippen LogP contribution in [0.4, 0.5) is 0 Å². The maximum Gasteiger partial charge on any atom is 0.330 e. The van der Waals surface area contributed by atoms with E-state index in [-0.39, 0.29) is 5.96 Å². The average Bonchev–Trinajstić information content (AvgIpc) is 1.86. The van der Waals surface area contributed by atoms with Gasteiger partial charge >= 0.3 is 5.97 Å². The number of rotatable bonds is 3. The Morgan fingerprint density at radius 1 is 1.64 bits per heavy atom. The summed E-state index contributed by atoms with van der Waals surface area (Å²) >= 11 is 0. The molecule has 1 atom stereocenters. The first-order valence-electron chi connectivity index (χ1n) is 3.33.